The molecule has 0 saturated carbocycles. The number of nitrogens with zero attached hydrogens (tertiary/aromatic N) is 2. The van der Waals surface area contributed by atoms with E-state index in [9.17, 15) is 0 Å². The largest absolute Gasteiger partial charge is 0.360 e. The fourth-order valence-electron chi connectivity index (χ4n) is 3.45. The second-order valence-corrected chi connectivity index (χ2v) is 6.78. The van der Waals surface area contributed by atoms with Gasteiger partial charge in [0, 0.05) is 7.05 Å². The van der Waals surface area contributed by atoms with Crippen LogP contribution in [0.15, 0.2) is 77.8 Å². The first-order valence-electron chi connectivity index (χ1n) is 8.67. The third-order valence-electron chi connectivity index (χ3n) is 4.89. The summed E-state index contributed by atoms with van der Waals surface area (Å²) in [5, 5.41) is 0. The molecule has 1 atom stereocenters. The van der Waals surface area contributed by atoms with E-state index < -0.39 is 0 Å². The van der Waals surface area contributed by atoms with Crippen LogP contribution >= 0.6 is 0 Å². The van der Waals surface area contributed by atoms with Crippen LogP contribution < -0.4 is 4.90 Å². The second kappa shape index (κ2) is 6.21. The topological polar surface area (TPSA) is 15.6 Å². The van der Waals surface area contributed by atoms with Gasteiger partial charge in [-0.15, -0.1) is 0 Å². The first-order chi connectivity index (χ1) is 12.1. The van der Waals surface area contributed by atoms with Crippen molar-refractivity contribution in [2.45, 2.75) is 19.9 Å². The minimum atomic E-state index is 0.109. The van der Waals surface area contributed by atoms with E-state index in [0.29, 0.717) is 0 Å². The quantitative estimate of drug-likeness (QED) is 0.597. The molecule has 0 N–H and O–H groups in total. The van der Waals surface area contributed by atoms with Crippen LogP contribution in [-0.4, -0.2) is 12.8 Å². The zero-order valence-electron chi connectivity index (χ0n) is 14.9. The van der Waals surface area contributed by atoms with Gasteiger partial charge >= 0.3 is 0 Å². The Labute approximate surface area is 149 Å². The highest BCUT2D eigenvalue weighted by Gasteiger charge is 2.29. The SMILES string of the molecule is Cc1ccc(C2=Nc3ccccc3N(C)C2c2ccc(C)cc2)cc1. The Balaban J connectivity index is 1.90. The van der Waals surface area contributed by atoms with Crippen LogP contribution in [0.3, 0.4) is 0 Å². The molecule has 0 spiro atoms. The lowest BCUT2D eigenvalue weighted by atomic mass is 9.92. The molecule has 1 heterocycles. The highest BCUT2D eigenvalue weighted by atomic mass is 15.2. The normalized spacial score (nSPS) is 16.4. The molecule has 2 heteroatoms. The Morgan fingerprint density at radius 3 is 2.04 bits per heavy atom. The van der Waals surface area contributed by atoms with Crippen molar-refractivity contribution < 1.29 is 0 Å². The van der Waals surface area contributed by atoms with Gasteiger partial charge in [-0.3, -0.25) is 0 Å². The minimum Gasteiger partial charge on any atom is -0.360 e. The van der Waals surface area contributed by atoms with Crippen molar-refractivity contribution >= 4 is 17.1 Å². The van der Waals surface area contributed by atoms with E-state index in [1.807, 2.05) is 0 Å². The predicted octanol–water partition coefficient (Wildman–Crippen LogP) is 5.62. The number of rotatable bonds is 2. The molecule has 25 heavy (non-hydrogen) atoms. The molecule has 4 rings (SSSR count). The van der Waals surface area contributed by atoms with Crippen LogP contribution in [0.1, 0.15) is 28.3 Å². The Kier molecular flexibility index (Phi) is 3.89. The number of benzene rings is 3. The van der Waals surface area contributed by atoms with E-state index in [0.717, 1.165) is 11.4 Å². The zero-order valence-corrected chi connectivity index (χ0v) is 14.9. The van der Waals surface area contributed by atoms with Crippen molar-refractivity contribution in [1.82, 2.24) is 0 Å². The van der Waals surface area contributed by atoms with Crippen LogP contribution in [-0.2, 0) is 0 Å². The molecule has 124 valence electrons. The maximum absolute atomic E-state index is 5.05. The standard InChI is InChI=1S/C23H22N2/c1-16-8-12-18(13-9-16)22-23(19-14-10-17(2)11-15-19)25(3)21-7-5-4-6-20(21)24-22/h4-15,23H,1-3H3. The third kappa shape index (κ3) is 2.85. The van der Waals surface area contributed by atoms with Crippen molar-refractivity contribution in [3.05, 3.63) is 95.1 Å². The van der Waals surface area contributed by atoms with Crippen LogP contribution in [0.2, 0.25) is 0 Å². The molecule has 0 saturated heterocycles. The molecule has 1 aliphatic heterocycles. The molecule has 0 aromatic heterocycles. The summed E-state index contributed by atoms with van der Waals surface area (Å²) in [7, 11) is 2.16. The van der Waals surface area contributed by atoms with Crippen LogP contribution in [0.4, 0.5) is 11.4 Å². The first kappa shape index (κ1) is 15.6. The average Bonchev–Trinajstić information content (AvgIpc) is 2.63. The molecule has 2 nitrogen and oxygen atoms in total. The zero-order chi connectivity index (χ0) is 17.4. The summed E-state index contributed by atoms with van der Waals surface area (Å²) >= 11 is 0. The number of anilines is 1. The smallest absolute Gasteiger partial charge is 0.0970 e. The average molecular weight is 326 g/mol. The van der Waals surface area contributed by atoms with E-state index in [2.05, 4.69) is 98.6 Å². The fourth-order valence-corrected chi connectivity index (χ4v) is 3.45. The summed E-state index contributed by atoms with van der Waals surface area (Å²) in [6.45, 7) is 4.24. The van der Waals surface area contributed by atoms with Crippen LogP contribution in [0, 0.1) is 13.8 Å². The number of hydrogen-bond donors (Lipinski definition) is 0. The summed E-state index contributed by atoms with van der Waals surface area (Å²) in [4.78, 5) is 7.39. The van der Waals surface area contributed by atoms with Crippen LogP contribution in [0.25, 0.3) is 0 Å². The Bertz CT molecular complexity index is 921. The molecule has 0 bridgehead atoms. The van der Waals surface area contributed by atoms with Crippen LogP contribution in [0.5, 0.6) is 0 Å². The Morgan fingerprint density at radius 1 is 0.760 bits per heavy atom. The highest BCUT2D eigenvalue weighted by molar-refractivity contribution is 6.10. The molecule has 3 aromatic carbocycles. The third-order valence-corrected chi connectivity index (χ3v) is 4.89. The van der Waals surface area contributed by atoms with Gasteiger partial charge in [0.05, 0.1) is 23.1 Å². The summed E-state index contributed by atoms with van der Waals surface area (Å²) in [5.74, 6) is 0. The van der Waals surface area contributed by atoms with Crippen molar-refractivity contribution in [1.29, 1.82) is 0 Å². The van der Waals surface area contributed by atoms with Gasteiger partial charge in [-0.2, -0.15) is 0 Å². The lowest BCUT2D eigenvalue weighted by Crippen LogP contribution is -2.33. The van der Waals surface area contributed by atoms with E-state index >= 15 is 0 Å². The second-order valence-electron chi connectivity index (χ2n) is 6.78. The monoisotopic (exact) mass is 326 g/mol. The van der Waals surface area contributed by atoms with E-state index in [1.165, 1.54) is 27.9 Å². The molecule has 0 aliphatic carbocycles. The van der Waals surface area contributed by atoms with Gasteiger partial charge in [-0.1, -0.05) is 71.8 Å². The van der Waals surface area contributed by atoms with Gasteiger partial charge in [-0.25, -0.2) is 4.99 Å². The molecule has 1 aliphatic rings. The fraction of sp³-hybridized carbons (Fsp3) is 0.174. The van der Waals surface area contributed by atoms with Gasteiger partial charge in [0.1, 0.15) is 0 Å². The summed E-state index contributed by atoms with van der Waals surface area (Å²) < 4.78 is 0. The summed E-state index contributed by atoms with van der Waals surface area (Å²) in [6.07, 6.45) is 0. The lowest BCUT2D eigenvalue weighted by Gasteiger charge is -2.36. The van der Waals surface area contributed by atoms with Gasteiger partial charge < -0.3 is 4.90 Å². The predicted molar refractivity (Wildman–Crippen MR) is 106 cm³/mol. The molecule has 0 radical (unpaired) electrons. The lowest BCUT2D eigenvalue weighted by molar-refractivity contribution is 0.835. The number of aryl methyl sites for hydroxylation is 2. The maximum Gasteiger partial charge on any atom is 0.0970 e. The number of fused-ring (bicyclic) bond motifs is 1. The van der Waals surface area contributed by atoms with Crippen molar-refractivity contribution in [3.8, 4) is 0 Å². The molecular formula is C23H22N2. The molecule has 0 fully saturated rings. The minimum absolute atomic E-state index is 0.109. The summed E-state index contributed by atoms with van der Waals surface area (Å²) in [6, 6.07) is 25.9. The number of aliphatic imine (C=N–C) groups is 1. The van der Waals surface area contributed by atoms with E-state index in [-0.39, 0.29) is 6.04 Å². The highest BCUT2D eigenvalue weighted by Crippen LogP contribution is 2.40. The van der Waals surface area contributed by atoms with Gasteiger partial charge in [0.15, 0.2) is 0 Å². The van der Waals surface area contributed by atoms with E-state index in [4.69, 9.17) is 4.99 Å². The van der Waals surface area contributed by atoms with Crippen molar-refractivity contribution in [3.63, 3.8) is 0 Å². The molecule has 0 amide bonds. The summed E-state index contributed by atoms with van der Waals surface area (Å²) in [5.41, 5.74) is 8.29. The Morgan fingerprint density at radius 2 is 1.36 bits per heavy atom. The Hall–Kier alpha value is -2.87. The molecule has 3 aromatic rings. The van der Waals surface area contributed by atoms with Crippen molar-refractivity contribution in [2.75, 3.05) is 11.9 Å². The molecule has 1 unspecified atom stereocenters. The van der Waals surface area contributed by atoms with Gasteiger partial charge in [-0.05, 0) is 37.1 Å². The number of likely N-dealkylation sites (N-methyl/N-ethyl adjacent to an activating group) is 1. The van der Waals surface area contributed by atoms with Gasteiger partial charge in [0.2, 0.25) is 0 Å². The maximum atomic E-state index is 5.05. The van der Waals surface area contributed by atoms with Crippen molar-refractivity contribution in [2.24, 2.45) is 4.99 Å². The first-order valence-corrected chi connectivity index (χ1v) is 8.67. The van der Waals surface area contributed by atoms with E-state index in [1.54, 1.807) is 0 Å². The van der Waals surface area contributed by atoms with Gasteiger partial charge in [0.25, 0.3) is 0 Å². The number of para-hydroxylation sites is 2. The number of hydrogen-bond acceptors (Lipinski definition) is 2. The molecular weight excluding hydrogens is 304 g/mol.